The van der Waals surface area contributed by atoms with Crippen LogP contribution in [0.25, 0.3) is 10.4 Å². The van der Waals surface area contributed by atoms with Gasteiger partial charge in [0.05, 0.1) is 10.6 Å². The zero-order valence-electron chi connectivity index (χ0n) is 13.1. The number of benzene rings is 2. The first-order valence-electron chi connectivity index (χ1n) is 7.37. The van der Waals surface area contributed by atoms with Gasteiger partial charge in [0.1, 0.15) is 24.0 Å². The first-order chi connectivity index (χ1) is 12.0. The molecule has 0 saturated heterocycles. The summed E-state index contributed by atoms with van der Waals surface area (Å²) in [4.78, 5) is 17.2. The summed E-state index contributed by atoms with van der Waals surface area (Å²) in [6, 6.07) is 10.2. The fourth-order valence-corrected chi connectivity index (χ4v) is 3.30. The van der Waals surface area contributed by atoms with E-state index >= 15 is 0 Å². The van der Waals surface area contributed by atoms with Gasteiger partial charge in [0.2, 0.25) is 0 Å². The average Bonchev–Trinajstić information content (AvgIpc) is 3.00. The molecular weight excluding hydrogens is 349 g/mol. The van der Waals surface area contributed by atoms with Crippen LogP contribution in [0.1, 0.15) is 21.1 Å². The number of aromatic nitrogens is 1. The molecule has 1 N–H and O–H groups in total. The first-order valence-corrected chi connectivity index (χ1v) is 8.19. The van der Waals surface area contributed by atoms with Crippen LogP contribution in [0.5, 0.6) is 0 Å². The summed E-state index contributed by atoms with van der Waals surface area (Å²) < 4.78 is 40.1. The number of hydrogen-bond donors (Lipinski definition) is 1. The molecule has 0 fully saturated rings. The molecule has 0 aliphatic rings. The average molecular weight is 362 g/mol. The van der Waals surface area contributed by atoms with Gasteiger partial charge in [0, 0.05) is 0 Å². The number of hydrogen-bond acceptors (Lipinski definition) is 3. The first kappa shape index (κ1) is 17.2. The molecule has 1 heterocycles. The van der Waals surface area contributed by atoms with Crippen LogP contribution in [-0.2, 0) is 6.67 Å². The van der Waals surface area contributed by atoms with E-state index in [-0.39, 0.29) is 5.01 Å². The topological polar surface area (TPSA) is 42.0 Å². The SMILES string of the molecule is Cc1nc(C(=O)Nc2c(F)cccc2F)sc1-c1cccc(CF)c1. The largest absolute Gasteiger partial charge is 0.315 e. The molecule has 3 nitrogen and oxygen atoms in total. The molecule has 1 aromatic heterocycles. The Morgan fingerprint density at radius 3 is 2.52 bits per heavy atom. The fraction of sp³-hybridized carbons (Fsp3) is 0.111. The molecule has 7 heteroatoms. The number of carbonyl (C=O) groups excluding carboxylic acids is 1. The van der Waals surface area contributed by atoms with Gasteiger partial charge >= 0.3 is 0 Å². The zero-order valence-corrected chi connectivity index (χ0v) is 14.0. The van der Waals surface area contributed by atoms with Gasteiger partial charge in [-0.2, -0.15) is 0 Å². The fourth-order valence-electron chi connectivity index (χ4n) is 2.34. The van der Waals surface area contributed by atoms with Crippen LogP contribution >= 0.6 is 11.3 Å². The maximum Gasteiger partial charge on any atom is 0.284 e. The Kier molecular flexibility index (Phi) is 4.85. The molecule has 3 aromatic rings. The highest BCUT2D eigenvalue weighted by atomic mass is 32.1. The van der Waals surface area contributed by atoms with Crippen LogP contribution in [-0.4, -0.2) is 10.9 Å². The standard InChI is InChI=1S/C18H13F3N2OS/c1-10-16(12-5-2-4-11(8-12)9-19)25-18(22-10)17(24)23-15-13(20)6-3-7-14(15)21/h2-8H,9H2,1H3,(H,23,24). The molecule has 1 amide bonds. The normalized spacial score (nSPS) is 10.7. The molecule has 0 saturated carbocycles. The van der Waals surface area contributed by atoms with Crippen molar-refractivity contribution < 1.29 is 18.0 Å². The highest BCUT2D eigenvalue weighted by Gasteiger charge is 2.19. The highest BCUT2D eigenvalue weighted by Crippen LogP contribution is 2.31. The van der Waals surface area contributed by atoms with Crippen molar-refractivity contribution >= 4 is 22.9 Å². The van der Waals surface area contributed by atoms with Crippen molar-refractivity contribution in [1.82, 2.24) is 4.98 Å². The Morgan fingerprint density at radius 2 is 1.84 bits per heavy atom. The number of nitrogens with zero attached hydrogens (tertiary/aromatic N) is 1. The summed E-state index contributed by atoms with van der Waals surface area (Å²) in [5.41, 5.74) is 1.33. The molecule has 0 radical (unpaired) electrons. The number of nitrogens with one attached hydrogen (secondary N) is 1. The maximum absolute atomic E-state index is 13.7. The van der Waals surface area contributed by atoms with Crippen LogP contribution in [0.15, 0.2) is 42.5 Å². The lowest BCUT2D eigenvalue weighted by Crippen LogP contribution is -2.14. The molecular formula is C18H13F3N2OS. The number of thiazole rings is 1. The Morgan fingerprint density at radius 1 is 1.16 bits per heavy atom. The lowest BCUT2D eigenvalue weighted by atomic mass is 10.1. The number of carbonyl (C=O) groups is 1. The van der Waals surface area contributed by atoms with E-state index in [4.69, 9.17) is 0 Å². The van der Waals surface area contributed by atoms with Crippen LogP contribution in [0.4, 0.5) is 18.9 Å². The number of aryl methyl sites for hydroxylation is 1. The van der Waals surface area contributed by atoms with E-state index < -0.39 is 29.9 Å². The second-order valence-corrected chi connectivity index (χ2v) is 6.32. The van der Waals surface area contributed by atoms with E-state index in [1.54, 1.807) is 31.2 Å². The third-order valence-corrected chi connectivity index (χ3v) is 4.74. The van der Waals surface area contributed by atoms with E-state index in [0.717, 1.165) is 29.0 Å². The number of alkyl halides is 1. The number of anilines is 1. The molecule has 0 aliphatic carbocycles. The van der Waals surface area contributed by atoms with Crippen molar-refractivity contribution in [3.05, 3.63) is 70.4 Å². The molecule has 3 rings (SSSR count). The van der Waals surface area contributed by atoms with Crippen molar-refractivity contribution in [2.45, 2.75) is 13.6 Å². The van der Waals surface area contributed by atoms with Crippen molar-refractivity contribution in [3.63, 3.8) is 0 Å². The van der Waals surface area contributed by atoms with Crippen molar-refractivity contribution in [1.29, 1.82) is 0 Å². The van der Waals surface area contributed by atoms with Gasteiger partial charge in [0.15, 0.2) is 5.01 Å². The van der Waals surface area contributed by atoms with E-state index in [1.165, 1.54) is 6.07 Å². The monoisotopic (exact) mass is 362 g/mol. The molecule has 0 bridgehead atoms. The van der Waals surface area contributed by atoms with E-state index in [2.05, 4.69) is 10.3 Å². The van der Waals surface area contributed by atoms with Crippen molar-refractivity contribution in [2.24, 2.45) is 0 Å². The number of rotatable bonds is 4. The lowest BCUT2D eigenvalue weighted by Gasteiger charge is -2.05. The zero-order chi connectivity index (χ0) is 18.0. The van der Waals surface area contributed by atoms with Gasteiger partial charge in [-0.1, -0.05) is 24.3 Å². The summed E-state index contributed by atoms with van der Waals surface area (Å²) >= 11 is 1.08. The Hall–Kier alpha value is -2.67. The summed E-state index contributed by atoms with van der Waals surface area (Å²) in [6.07, 6.45) is 0. The Bertz CT molecular complexity index is 920. The van der Waals surface area contributed by atoms with Gasteiger partial charge in [-0.05, 0) is 36.2 Å². The quantitative estimate of drug-likeness (QED) is 0.700. The van der Waals surface area contributed by atoms with Crippen LogP contribution in [0, 0.1) is 18.6 Å². The number of para-hydroxylation sites is 1. The van der Waals surface area contributed by atoms with Gasteiger partial charge < -0.3 is 5.32 Å². The minimum atomic E-state index is -0.863. The third kappa shape index (κ3) is 3.56. The summed E-state index contributed by atoms with van der Waals surface area (Å²) in [5, 5.41) is 2.28. The third-order valence-electron chi connectivity index (χ3n) is 3.54. The van der Waals surface area contributed by atoms with Crippen LogP contribution < -0.4 is 5.32 Å². The van der Waals surface area contributed by atoms with E-state index in [1.807, 2.05) is 0 Å². The molecule has 2 aromatic carbocycles. The predicted octanol–water partition coefficient (Wildman–Crippen LogP) is 5.12. The predicted molar refractivity (Wildman–Crippen MR) is 91.4 cm³/mol. The van der Waals surface area contributed by atoms with Crippen molar-refractivity contribution in [3.8, 4) is 10.4 Å². The molecule has 0 atom stereocenters. The maximum atomic E-state index is 13.7. The summed E-state index contributed by atoms with van der Waals surface area (Å²) in [7, 11) is 0. The smallest absolute Gasteiger partial charge is 0.284 e. The van der Waals surface area contributed by atoms with Crippen LogP contribution in [0.2, 0.25) is 0 Å². The highest BCUT2D eigenvalue weighted by molar-refractivity contribution is 7.17. The minimum absolute atomic E-state index is 0.0702. The number of halogens is 3. The number of amides is 1. The van der Waals surface area contributed by atoms with Crippen LogP contribution in [0.3, 0.4) is 0 Å². The van der Waals surface area contributed by atoms with Gasteiger partial charge in [-0.3, -0.25) is 4.79 Å². The summed E-state index contributed by atoms with van der Waals surface area (Å²) in [6.45, 7) is 1.13. The van der Waals surface area contributed by atoms with Gasteiger partial charge in [0.25, 0.3) is 5.91 Å². The summed E-state index contributed by atoms with van der Waals surface area (Å²) in [5.74, 6) is -2.43. The Labute approximate surface area is 146 Å². The van der Waals surface area contributed by atoms with Crippen molar-refractivity contribution in [2.75, 3.05) is 5.32 Å². The van der Waals surface area contributed by atoms with Gasteiger partial charge in [-0.25, -0.2) is 18.2 Å². The molecule has 0 spiro atoms. The Balaban J connectivity index is 1.90. The molecule has 128 valence electrons. The molecule has 25 heavy (non-hydrogen) atoms. The van der Waals surface area contributed by atoms with Gasteiger partial charge in [-0.15, -0.1) is 11.3 Å². The lowest BCUT2D eigenvalue weighted by molar-refractivity contribution is 0.102. The van der Waals surface area contributed by atoms with E-state index in [0.29, 0.717) is 16.1 Å². The molecule has 0 aliphatic heterocycles. The molecule has 0 unspecified atom stereocenters. The minimum Gasteiger partial charge on any atom is -0.315 e. The second-order valence-electron chi connectivity index (χ2n) is 5.32. The van der Waals surface area contributed by atoms with E-state index in [9.17, 15) is 18.0 Å². The second kappa shape index (κ2) is 7.06.